The molecule has 0 atom stereocenters. The molecule has 104 valence electrons. The van der Waals surface area contributed by atoms with E-state index in [-0.39, 0.29) is 0 Å². The van der Waals surface area contributed by atoms with Crippen LogP contribution in [0.5, 0.6) is 5.88 Å². The van der Waals surface area contributed by atoms with Gasteiger partial charge in [-0.2, -0.15) is 4.98 Å². The first-order valence-electron chi connectivity index (χ1n) is 6.02. The number of alkyl halides is 1. The Balaban J connectivity index is 2.13. The number of hydrogen-bond donors (Lipinski definition) is 0. The molecule has 0 radical (unpaired) electrons. The van der Waals surface area contributed by atoms with Crippen LogP contribution >= 0.6 is 11.6 Å². The van der Waals surface area contributed by atoms with Gasteiger partial charge in [-0.1, -0.05) is 0 Å². The van der Waals surface area contributed by atoms with Crippen molar-refractivity contribution in [2.45, 2.75) is 12.4 Å². The average molecular weight is 293 g/mol. The molecule has 0 aromatic carbocycles. The van der Waals surface area contributed by atoms with Crippen molar-refractivity contribution in [2.24, 2.45) is 7.05 Å². The number of ether oxygens (including phenoxy) is 1. The first-order chi connectivity index (χ1) is 9.72. The Bertz CT molecular complexity index is 750. The van der Waals surface area contributed by atoms with Gasteiger partial charge in [0, 0.05) is 13.1 Å². The highest BCUT2D eigenvalue weighted by atomic mass is 35.5. The Morgan fingerprint density at radius 1 is 1.25 bits per heavy atom. The van der Waals surface area contributed by atoms with Crippen molar-refractivity contribution in [1.82, 2.24) is 29.3 Å². The lowest BCUT2D eigenvalue weighted by atomic mass is 10.4. The van der Waals surface area contributed by atoms with Crippen LogP contribution in [0.3, 0.4) is 0 Å². The van der Waals surface area contributed by atoms with E-state index in [4.69, 9.17) is 16.3 Å². The van der Waals surface area contributed by atoms with Crippen LogP contribution in [-0.2, 0) is 19.5 Å². The van der Waals surface area contributed by atoms with Crippen molar-refractivity contribution in [3.63, 3.8) is 0 Å². The summed E-state index contributed by atoms with van der Waals surface area (Å²) in [6.07, 6.45) is 1.66. The van der Waals surface area contributed by atoms with Crippen molar-refractivity contribution >= 4 is 22.8 Å². The molecule has 3 heterocycles. The molecule has 0 fully saturated rings. The lowest BCUT2D eigenvalue weighted by molar-refractivity contribution is 0.399. The van der Waals surface area contributed by atoms with Gasteiger partial charge in [0.1, 0.15) is 17.7 Å². The van der Waals surface area contributed by atoms with E-state index in [9.17, 15) is 0 Å². The van der Waals surface area contributed by atoms with E-state index in [0.717, 1.165) is 22.8 Å². The molecule has 0 N–H and O–H groups in total. The summed E-state index contributed by atoms with van der Waals surface area (Å²) in [7, 11) is 3.48. The minimum absolute atomic E-state index is 0.302. The Morgan fingerprint density at radius 3 is 2.75 bits per heavy atom. The molecule has 0 saturated carbocycles. The summed E-state index contributed by atoms with van der Waals surface area (Å²) in [6, 6.07) is 3.64. The standard InChI is InChI=1S/C12H13ClN6O/c1-18-7-14-17-10(18)6-19-9(5-13)15-8-3-4-11(20-2)16-12(8)19/h3-4,7H,5-6H2,1-2H3. The number of halogens is 1. The number of nitrogens with zero attached hydrogens (tertiary/aromatic N) is 6. The molecule has 0 aliphatic carbocycles. The third-order valence-electron chi connectivity index (χ3n) is 3.08. The molecule has 3 aromatic rings. The lowest BCUT2D eigenvalue weighted by Gasteiger charge is -2.06. The summed E-state index contributed by atoms with van der Waals surface area (Å²) >= 11 is 5.97. The van der Waals surface area contributed by atoms with E-state index in [1.54, 1.807) is 19.5 Å². The maximum absolute atomic E-state index is 5.97. The smallest absolute Gasteiger partial charge is 0.215 e. The summed E-state index contributed by atoms with van der Waals surface area (Å²) in [5.41, 5.74) is 1.51. The van der Waals surface area contributed by atoms with Gasteiger partial charge in [-0.05, 0) is 6.07 Å². The van der Waals surface area contributed by atoms with Gasteiger partial charge >= 0.3 is 0 Å². The maximum atomic E-state index is 5.97. The van der Waals surface area contributed by atoms with Crippen LogP contribution in [0.15, 0.2) is 18.5 Å². The van der Waals surface area contributed by atoms with Gasteiger partial charge in [0.2, 0.25) is 5.88 Å². The second kappa shape index (κ2) is 5.09. The van der Waals surface area contributed by atoms with Crippen molar-refractivity contribution in [3.8, 4) is 5.88 Å². The number of hydrogen-bond acceptors (Lipinski definition) is 5. The van der Waals surface area contributed by atoms with Gasteiger partial charge in [-0.15, -0.1) is 21.8 Å². The predicted octanol–water partition coefficient (Wildman–Crippen LogP) is 1.36. The maximum Gasteiger partial charge on any atom is 0.215 e. The summed E-state index contributed by atoms with van der Waals surface area (Å²) in [4.78, 5) is 8.91. The highest BCUT2D eigenvalue weighted by Crippen LogP contribution is 2.20. The Hall–Kier alpha value is -2.15. The lowest BCUT2D eigenvalue weighted by Crippen LogP contribution is -2.09. The molecule has 7 nitrogen and oxygen atoms in total. The zero-order chi connectivity index (χ0) is 14.1. The number of fused-ring (bicyclic) bond motifs is 1. The van der Waals surface area contributed by atoms with Gasteiger partial charge in [-0.25, -0.2) is 4.98 Å². The summed E-state index contributed by atoms with van der Waals surface area (Å²) in [5.74, 6) is 2.39. The first-order valence-corrected chi connectivity index (χ1v) is 6.55. The van der Waals surface area contributed by atoms with Crippen LogP contribution in [0.4, 0.5) is 0 Å². The van der Waals surface area contributed by atoms with Crippen molar-refractivity contribution in [2.75, 3.05) is 7.11 Å². The fourth-order valence-corrected chi connectivity index (χ4v) is 2.21. The minimum atomic E-state index is 0.302. The van der Waals surface area contributed by atoms with Crippen LogP contribution in [0, 0.1) is 0 Å². The van der Waals surface area contributed by atoms with E-state index < -0.39 is 0 Å². The van der Waals surface area contributed by atoms with Crippen LogP contribution in [0.1, 0.15) is 11.6 Å². The molecule has 0 unspecified atom stereocenters. The van der Waals surface area contributed by atoms with Crippen molar-refractivity contribution in [1.29, 1.82) is 0 Å². The molecule has 3 aromatic heterocycles. The largest absolute Gasteiger partial charge is 0.481 e. The summed E-state index contributed by atoms with van der Waals surface area (Å²) in [6.45, 7) is 0.509. The zero-order valence-corrected chi connectivity index (χ0v) is 11.9. The summed E-state index contributed by atoms with van der Waals surface area (Å²) < 4.78 is 8.94. The molecular formula is C12H13ClN6O. The number of methoxy groups -OCH3 is 1. The number of imidazole rings is 1. The van der Waals surface area contributed by atoms with E-state index in [1.807, 2.05) is 22.2 Å². The molecule has 0 saturated heterocycles. The number of aryl methyl sites for hydroxylation is 1. The Kier molecular flexibility index (Phi) is 3.27. The van der Waals surface area contributed by atoms with Gasteiger partial charge in [0.05, 0.1) is 19.5 Å². The van der Waals surface area contributed by atoms with Crippen molar-refractivity contribution in [3.05, 3.63) is 30.1 Å². The van der Waals surface area contributed by atoms with Crippen LogP contribution in [-0.4, -0.2) is 36.4 Å². The molecule has 0 aliphatic rings. The third-order valence-corrected chi connectivity index (χ3v) is 3.32. The number of rotatable bonds is 4. The zero-order valence-electron chi connectivity index (χ0n) is 11.1. The fourth-order valence-electron chi connectivity index (χ4n) is 2.00. The third kappa shape index (κ3) is 2.09. The molecule has 0 amide bonds. The molecular weight excluding hydrogens is 280 g/mol. The van der Waals surface area contributed by atoms with Gasteiger partial charge in [0.15, 0.2) is 11.5 Å². The fraction of sp³-hybridized carbons (Fsp3) is 0.333. The monoisotopic (exact) mass is 292 g/mol. The predicted molar refractivity (Wildman–Crippen MR) is 73.7 cm³/mol. The van der Waals surface area contributed by atoms with E-state index in [2.05, 4.69) is 20.2 Å². The SMILES string of the molecule is COc1ccc2nc(CCl)n(Cc3nncn3C)c2n1. The van der Waals surface area contributed by atoms with Crippen LogP contribution in [0.25, 0.3) is 11.2 Å². The molecule has 8 heteroatoms. The normalized spacial score (nSPS) is 11.2. The van der Waals surface area contributed by atoms with Crippen molar-refractivity contribution < 1.29 is 4.74 Å². The molecule has 0 spiro atoms. The summed E-state index contributed by atoms with van der Waals surface area (Å²) in [5, 5.41) is 7.95. The molecule has 0 aliphatic heterocycles. The molecule has 0 bridgehead atoms. The minimum Gasteiger partial charge on any atom is -0.481 e. The van der Waals surface area contributed by atoms with Gasteiger partial charge < -0.3 is 13.9 Å². The van der Waals surface area contributed by atoms with E-state index >= 15 is 0 Å². The Morgan fingerprint density at radius 2 is 2.10 bits per heavy atom. The second-order valence-electron chi connectivity index (χ2n) is 4.30. The van der Waals surface area contributed by atoms with E-state index in [1.165, 1.54) is 0 Å². The Labute approximate surface area is 120 Å². The van der Waals surface area contributed by atoms with E-state index in [0.29, 0.717) is 18.3 Å². The average Bonchev–Trinajstić information content (AvgIpc) is 3.03. The number of aromatic nitrogens is 6. The van der Waals surface area contributed by atoms with Gasteiger partial charge in [-0.3, -0.25) is 0 Å². The second-order valence-corrected chi connectivity index (χ2v) is 4.57. The molecule has 20 heavy (non-hydrogen) atoms. The quantitative estimate of drug-likeness (QED) is 0.679. The molecule has 3 rings (SSSR count). The first kappa shape index (κ1) is 12.9. The van der Waals surface area contributed by atoms with Crippen LogP contribution in [0.2, 0.25) is 0 Å². The number of pyridine rings is 1. The highest BCUT2D eigenvalue weighted by molar-refractivity contribution is 6.16. The highest BCUT2D eigenvalue weighted by Gasteiger charge is 2.14. The topological polar surface area (TPSA) is 70.7 Å². The van der Waals surface area contributed by atoms with Gasteiger partial charge in [0.25, 0.3) is 0 Å². The van der Waals surface area contributed by atoms with Crippen LogP contribution < -0.4 is 4.74 Å².